The predicted octanol–water partition coefficient (Wildman–Crippen LogP) is 1.78. The SMILES string of the molecule is COC(=O)C1CC(=O)N(C(C)COc2ccc(C)cc2)C1. The van der Waals surface area contributed by atoms with Gasteiger partial charge in [-0.2, -0.15) is 0 Å². The number of ether oxygens (including phenoxy) is 2. The number of rotatable bonds is 5. The first kappa shape index (κ1) is 15.4. The van der Waals surface area contributed by atoms with Crippen LogP contribution >= 0.6 is 0 Å². The van der Waals surface area contributed by atoms with Crippen molar-refractivity contribution in [2.75, 3.05) is 20.3 Å². The highest BCUT2D eigenvalue weighted by atomic mass is 16.5. The van der Waals surface area contributed by atoms with Gasteiger partial charge in [-0.3, -0.25) is 9.59 Å². The largest absolute Gasteiger partial charge is 0.491 e. The maximum absolute atomic E-state index is 12.0. The van der Waals surface area contributed by atoms with Crippen LogP contribution in [0.3, 0.4) is 0 Å². The minimum absolute atomic E-state index is 0.0228. The quantitative estimate of drug-likeness (QED) is 0.776. The molecule has 2 atom stereocenters. The number of carbonyl (C=O) groups excluding carboxylic acids is 2. The molecule has 1 aromatic carbocycles. The van der Waals surface area contributed by atoms with Gasteiger partial charge in [-0.25, -0.2) is 0 Å². The average molecular weight is 291 g/mol. The molecule has 5 heteroatoms. The Balaban J connectivity index is 1.88. The van der Waals surface area contributed by atoms with Gasteiger partial charge in [0.05, 0.1) is 19.1 Å². The van der Waals surface area contributed by atoms with Crippen LogP contribution in [0.4, 0.5) is 0 Å². The van der Waals surface area contributed by atoms with E-state index in [1.165, 1.54) is 12.7 Å². The fourth-order valence-electron chi connectivity index (χ4n) is 2.42. The third-order valence-corrected chi connectivity index (χ3v) is 3.74. The topological polar surface area (TPSA) is 55.8 Å². The minimum Gasteiger partial charge on any atom is -0.491 e. The van der Waals surface area contributed by atoms with E-state index in [1.807, 2.05) is 38.1 Å². The van der Waals surface area contributed by atoms with Crippen LogP contribution in [0.5, 0.6) is 5.75 Å². The van der Waals surface area contributed by atoms with Crippen LogP contribution in [-0.2, 0) is 14.3 Å². The molecule has 1 aromatic rings. The van der Waals surface area contributed by atoms with Crippen LogP contribution < -0.4 is 4.74 Å². The van der Waals surface area contributed by atoms with Crippen molar-refractivity contribution in [3.05, 3.63) is 29.8 Å². The number of likely N-dealkylation sites (tertiary alicyclic amines) is 1. The van der Waals surface area contributed by atoms with Crippen molar-refractivity contribution in [2.45, 2.75) is 26.3 Å². The summed E-state index contributed by atoms with van der Waals surface area (Å²) in [6, 6.07) is 7.70. The number of hydrogen-bond donors (Lipinski definition) is 0. The summed E-state index contributed by atoms with van der Waals surface area (Å²) in [4.78, 5) is 25.2. The molecule has 2 rings (SSSR count). The van der Waals surface area contributed by atoms with Crippen molar-refractivity contribution in [1.29, 1.82) is 0 Å². The molecule has 114 valence electrons. The number of benzene rings is 1. The summed E-state index contributed by atoms with van der Waals surface area (Å²) in [5.41, 5.74) is 1.17. The first-order chi connectivity index (χ1) is 10.0. The van der Waals surface area contributed by atoms with Crippen molar-refractivity contribution in [2.24, 2.45) is 5.92 Å². The molecule has 5 nitrogen and oxygen atoms in total. The van der Waals surface area contributed by atoms with E-state index < -0.39 is 0 Å². The number of aryl methyl sites for hydroxylation is 1. The Morgan fingerprint density at radius 2 is 2.05 bits per heavy atom. The molecule has 0 aliphatic carbocycles. The summed E-state index contributed by atoms with van der Waals surface area (Å²) in [7, 11) is 1.35. The van der Waals surface area contributed by atoms with Gasteiger partial charge in [-0.15, -0.1) is 0 Å². The van der Waals surface area contributed by atoms with E-state index in [1.54, 1.807) is 4.90 Å². The molecule has 0 bridgehead atoms. The number of hydrogen-bond acceptors (Lipinski definition) is 4. The number of carbonyl (C=O) groups is 2. The van der Waals surface area contributed by atoms with Gasteiger partial charge in [0.25, 0.3) is 0 Å². The molecule has 2 unspecified atom stereocenters. The lowest BCUT2D eigenvalue weighted by molar-refractivity contribution is -0.145. The zero-order valence-corrected chi connectivity index (χ0v) is 12.7. The monoisotopic (exact) mass is 291 g/mol. The zero-order chi connectivity index (χ0) is 15.4. The highest BCUT2D eigenvalue weighted by Crippen LogP contribution is 2.22. The highest BCUT2D eigenvalue weighted by molar-refractivity contribution is 5.86. The second kappa shape index (κ2) is 6.61. The molecule has 0 N–H and O–H groups in total. The van der Waals surface area contributed by atoms with E-state index in [0.29, 0.717) is 13.2 Å². The molecular weight excluding hydrogens is 270 g/mol. The van der Waals surface area contributed by atoms with Gasteiger partial charge in [0.2, 0.25) is 5.91 Å². The van der Waals surface area contributed by atoms with Gasteiger partial charge in [0, 0.05) is 13.0 Å². The Labute approximate surface area is 124 Å². The first-order valence-corrected chi connectivity index (χ1v) is 7.08. The van der Waals surface area contributed by atoms with Crippen LogP contribution in [0.1, 0.15) is 18.9 Å². The molecule has 0 spiro atoms. The fourth-order valence-corrected chi connectivity index (χ4v) is 2.42. The van der Waals surface area contributed by atoms with E-state index in [0.717, 1.165) is 5.75 Å². The Hall–Kier alpha value is -2.04. The third kappa shape index (κ3) is 3.74. The van der Waals surface area contributed by atoms with Gasteiger partial charge >= 0.3 is 5.97 Å². The lowest BCUT2D eigenvalue weighted by Gasteiger charge is -2.24. The van der Waals surface area contributed by atoms with E-state index >= 15 is 0 Å². The maximum atomic E-state index is 12.0. The molecule has 21 heavy (non-hydrogen) atoms. The van der Waals surface area contributed by atoms with Crippen molar-refractivity contribution < 1.29 is 19.1 Å². The highest BCUT2D eigenvalue weighted by Gasteiger charge is 2.37. The standard InChI is InChI=1S/C16H21NO4/c1-11-4-6-14(7-5-11)21-10-12(2)17-9-13(8-15(17)18)16(19)20-3/h4-7,12-13H,8-10H2,1-3H3. The Kier molecular flexibility index (Phi) is 4.83. The fraction of sp³-hybridized carbons (Fsp3) is 0.500. The van der Waals surface area contributed by atoms with Gasteiger partial charge in [-0.05, 0) is 26.0 Å². The van der Waals surface area contributed by atoms with Crippen LogP contribution in [0.15, 0.2) is 24.3 Å². The average Bonchev–Trinajstić information content (AvgIpc) is 2.87. The molecule has 0 aromatic heterocycles. The first-order valence-electron chi connectivity index (χ1n) is 7.08. The minimum atomic E-state index is -0.357. The van der Waals surface area contributed by atoms with Crippen LogP contribution in [0.2, 0.25) is 0 Å². The number of amides is 1. The molecule has 1 aliphatic rings. The van der Waals surface area contributed by atoms with Gasteiger partial charge in [-0.1, -0.05) is 17.7 Å². The van der Waals surface area contributed by atoms with Gasteiger partial charge < -0.3 is 14.4 Å². The second-order valence-corrected chi connectivity index (χ2v) is 5.44. The van der Waals surface area contributed by atoms with E-state index in [-0.39, 0.29) is 30.3 Å². The molecule has 1 fully saturated rings. The molecule has 1 saturated heterocycles. The molecule has 1 amide bonds. The molecule has 1 aliphatic heterocycles. The van der Waals surface area contributed by atoms with Crippen molar-refractivity contribution >= 4 is 11.9 Å². The van der Waals surface area contributed by atoms with Gasteiger partial charge in [0.15, 0.2) is 0 Å². The Bertz CT molecular complexity index is 512. The van der Waals surface area contributed by atoms with Crippen molar-refractivity contribution in [1.82, 2.24) is 4.90 Å². The Morgan fingerprint density at radius 1 is 1.38 bits per heavy atom. The number of nitrogens with zero attached hydrogens (tertiary/aromatic N) is 1. The summed E-state index contributed by atoms with van der Waals surface area (Å²) in [6.45, 7) is 4.75. The third-order valence-electron chi connectivity index (χ3n) is 3.74. The second-order valence-electron chi connectivity index (χ2n) is 5.44. The number of esters is 1. The van der Waals surface area contributed by atoms with Crippen molar-refractivity contribution in [3.63, 3.8) is 0 Å². The summed E-state index contributed by atoms with van der Waals surface area (Å²) >= 11 is 0. The summed E-state index contributed by atoms with van der Waals surface area (Å²) in [5.74, 6) is 0.0795. The zero-order valence-electron chi connectivity index (χ0n) is 12.7. The summed E-state index contributed by atoms with van der Waals surface area (Å²) in [6.07, 6.45) is 0.224. The van der Waals surface area contributed by atoms with Crippen molar-refractivity contribution in [3.8, 4) is 5.75 Å². The van der Waals surface area contributed by atoms with Crippen LogP contribution in [0, 0.1) is 12.8 Å². The summed E-state index contributed by atoms with van der Waals surface area (Å²) < 4.78 is 10.4. The normalized spacial score (nSPS) is 19.5. The lowest BCUT2D eigenvalue weighted by atomic mass is 10.1. The smallest absolute Gasteiger partial charge is 0.310 e. The lowest BCUT2D eigenvalue weighted by Crippen LogP contribution is -2.38. The summed E-state index contributed by atoms with van der Waals surface area (Å²) in [5, 5.41) is 0. The van der Waals surface area contributed by atoms with Gasteiger partial charge in [0.1, 0.15) is 12.4 Å². The molecule has 1 heterocycles. The van der Waals surface area contributed by atoms with Crippen LogP contribution in [-0.4, -0.2) is 43.1 Å². The maximum Gasteiger partial charge on any atom is 0.310 e. The van der Waals surface area contributed by atoms with E-state index in [4.69, 9.17) is 9.47 Å². The molecular formula is C16H21NO4. The van der Waals surface area contributed by atoms with E-state index in [9.17, 15) is 9.59 Å². The predicted molar refractivity (Wildman–Crippen MR) is 78.0 cm³/mol. The van der Waals surface area contributed by atoms with Crippen LogP contribution in [0.25, 0.3) is 0 Å². The Morgan fingerprint density at radius 3 is 2.67 bits per heavy atom. The molecule has 0 radical (unpaired) electrons. The van der Waals surface area contributed by atoms with E-state index in [2.05, 4.69) is 0 Å². The number of methoxy groups -OCH3 is 1. The molecule has 0 saturated carbocycles.